The van der Waals surface area contributed by atoms with E-state index < -0.39 is 0 Å². The monoisotopic (exact) mass is 380 g/mol. The van der Waals surface area contributed by atoms with E-state index in [1.54, 1.807) is 37.6 Å². The SMILES string of the molecule is COc1cccc(C(=O)N/N=C\c2ccccc2I)c1. The third-order valence-electron chi connectivity index (χ3n) is 2.61. The second-order valence-electron chi connectivity index (χ2n) is 3.95. The van der Waals surface area contributed by atoms with Crippen molar-refractivity contribution in [2.24, 2.45) is 5.10 Å². The molecule has 4 nitrogen and oxygen atoms in total. The number of hydrazone groups is 1. The van der Waals surface area contributed by atoms with Crippen molar-refractivity contribution in [3.05, 3.63) is 63.2 Å². The number of ether oxygens (including phenoxy) is 1. The number of benzene rings is 2. The van der Waals surface area contributed by atoms with Gasteiger partial charge in [-0.15, -0.1) is 0 Å². The summed E-state index contributed by atoms with van der Waals surface area (Å²) in [6.45, 7) is 0. The molecule has 2 aromatic rings. The van der Waals surface area contributed by atoms with Crippen LogP contribution in [0.1, 0.15) is 15.9 Å². The normalized spacial score (nSPS) is 10.5. The quantitative estimate of drug-likeness (QED) is 0.504. The molecule has 0 aliphatic carbocycles. The Balaban J connectivity index is 2.03. The third-order valence-corrected chi connectivity index (χ3v) is 3.59. The molecule has 1 amide bonds. The molecule has 0 saturated heterocycles. The van der Waals surface area contributed by atoms with Gasteiger partial charge in [0.25, 0.3) is 5.91 Å². The molecule has 0 spiro atoms. The first kappa shape index (κ1) is 14.5. The molecule has 0 atom stereocenters. The predicted molar refractivity (Wildman–Crippen MR) is 87.2 cm³/mol. The highest BCUT2D eigenvalue weighted by Gasteiger charge is 2.05. The first-order valence-electron chi connectivity index (χ1n) is 5.92. The van der Waals surface area contributed by atoms with E-state index in [1.807, 2.05) is 24.3 Å². The largest absolute Gasteiger partial charge is 0.497 e. The minimum absolute atomic E-state index is 0.272. The molecule has 0 bridgehead atoms. The Kier molecular flexibility index (Phi) is 5.11. The molecule has 0 fully saturated rings. The summed E-state index contributed by atoms with van der Waals surface area (Å²) in [4.78, 5) is 11.9. The number of nitrogens with one attached hydrogen (secondary N) is 1. The van der Waals surface area contributed by atoms with Gasteiger partial charge in [0.1, 0.15) is 5.75 Å². The van der Waals surface area contributed by atoms with Crippen LogP contribution in [0.15, 0.2) is 53.6 Å². The van der Waals surface area contributed by atoms with Crippen LogP contribution < -0.4 is 10.2 Å². The van der Waals surface area contributed by atoms with Gasteiger partial charge in [-0.2, -0.15) is 5.10 Å². The molecule has 1 N–H and O–H groups in total. The summed E-state index contributed by atoms with van der Waals surface area (Å²) < 4.78 is 6.15. The minimum Gasteiger partial charge on any atom is -0.497 e. The van der Waals surface area contributed by atoms with Crippen LogP contribution in [0.5, 0.6) is 5.75 Å². The number of amides is 1. The van der Waals surface area contributed by atoms with Gasteiger partial charge < -0.3 is 4.74 Å². The number of hydrogen-bond donors (Lipinski definition) is 1. The molecule has 2 rings (SSSR count). The molecule has 0 aromatic heterocycles. The molecule has 0 radical (unpaired) electrons. The summed E-state index contributed by atoms with van der Waals surface area (Å²) in [7, 11) is 1.56. The molecule has 0 unspecified atom stereocenters. The highest BCUT2D eigenvalue weighted by molar-refractivity contribution is 14.1. The second-order valence-corrected chi connectivity index (χ2v) is 5.11. The molecule has 20 heavy (non-hydrogen) atoms. The van der Waals surface area contributed by atoms with Gasteiger partial charge >= 0.3 is 0 Å². The lowest BCUT2D eigenvalue weighted by atomic mass is 10.2. The van der Waals surface area contributed by atoms with Crippen molar-refractivity contribution in [3.63, 3.8) is 0 Å². The average Bonchev–Trinajstić information content (AvgIpc) is 2.49. The maximum Gasteiger partial charge on any atom is 0.271 e. The van der Waals surface area contributed by atoms with Crippen LogP contribution in [0.25, 0.3) is 0 Å². The molecular formula is C15H13IN2O2. The molecule has 0 heterocycles. The fourth-order valence-corrected chi connectivity index (χ4v) is 2.10. The van der Waals surface area contributed by atoms with Gasteiger partial charge in [0.2, 0.25) is 0 Å². The number of carbonyl (C=O) groups is 1. The van der Waals surface area contributed by atoms with Crippen LogP contribution in [-0.2, 0) is 0 Å². The summed E-state index contributed by atoms with van der Waals surface area (Å²) in [5.74, 6) is 0.366. The van der Waals surface area contributed by atoms with Crippen molar-refractivity contribution in [2.45, 2.75) is 0 Å². The third kappa shape index (κ3) is 3.80. The number of methoxy groups -OCH3 is 1. The summed E-state index contributed by atoms with van der Waals surface area (Å²) >= 11 is 2.22. The van der Waals surface area contributed by atoms with Crippen LogP contribution in [0.4, 0.5) is 0 Å². The van der Waals surface area contributed by atoms with Crippen LogP contribution in [-0.4, -0.2) is 19.2 Å². The Bertz CT molecular complexity index is 641. The van der Waals surface area contributed by atoms with E-state index in [0.717, 1.165) is 9.13 Å². The van der Waals surface area contributed by atoms with Gasteiger partial charge in [0.15, 0.2) is 0 Å². The summed E-state index contributed by atoms with van der Waals surface area (Å²) in [5, 5.41) is 3.96. The van der Waals surface area contributed by atoms with Crippen molar-refractivity contribution < 1.29 is 9.53 Å². The lowest BCUT2D eigenvalue weighted by molar-refractivity contribution is 0.0955. The van der Waals surface area contributed by atoms with Crippen LogP contribution in [0.3, 0.4) is 0 Å². The topological polar surface area (TPSA) is 50.7 Å². The number of hydrogen-bond acceptors (Lipinski definition) is 3. The molecule has 0 aliphatic heterocycles. The van der Waals surface area contributed by atoms with Crippen molar-refractivity contribution >= 4 is 34.7 Å². The van der Waals surface area contributed by atoms with E-state index in [2.05, 4.69) is 33.1 Å². The van der Waals surface area contributed by atoms with Crippen LogP contribution in [0, 0.1) is 3.57 Å². The summed E-state index contributed by atoms with van der Waals surface area (Å²) in [6, 6.07) is 14.7. The van der Waals surface area contributed by atoms with Gasteiger partial charge in [-0.05, 0) is 46.9 Å². The maximum atomic E-state index is 11.9. The van der Waals surface area contributed by atoms with Crippen molar-refractivity contribution in [3.8, 4) is 5.75 Å². The zero-order valence-corrected chi connectivity index (χ0v) is 13.0. The molecular weight excluding hydrogens is 367 g/mol. The summed E-state index contributed by atoms with van der Waals surface area (Å²) in [6.07, 6.45) is 1.62. The smallest absolute Gasteiger partial charge is 0.271 e. The summed E-state index contributed by atoms with van der Waals surface area (Å²) in [5.41, 5.74) is 3.96. The van der Waals surface area contributed by atoms with Crippen molar-refractivity contribution in [1.29, 1.82) is 0 Å². The number of nitrogens with zero attached hydrogens (tertiary/aromatic N) is 1. The Morgan fingerprint density at radius 3 is 2.80 bits per heavy atom. The average molecular weight is 380 g/mol. The molecule has 0 aliphatic rings. The van der Waals surface area contributed by atoms with Gasteiger partial charge in [0.05, 0.1) is 13.3 Å². The first-order chi connectivity index (χ1) is 9.70. The number of carbonyl (C=O) groups excluding carboxylic acids is 1. The standard InChI is InChI=1S/C15H13IN2O2/c1-20-13-7-4-6-11(9-13)15(19)18-17-10-12-5-2-3-8-14(12)16/h2-10H,1H3,(H,18,19)/b17-10-. The van der Waals surface area contributed by atoms with Crippen LogP contribution in [0.2, 0.25) is 0 Å². The van der Waals surface area contributed by atoms with Gasteiger partial charge in [-0.1, -0.05) is 24.3 Å². The van der Waals surface area contributed by atoms with E-state index in [0.29, 0.717) is 11.3 Å². The fraction of sp³-hybridized carbons (Fsp3) is 0.0667. The van der Waals surface area contributed by atoms with Crippen molar-refractivity contribution in [2.75, 3.05) is 7.11 Å². The minimum atomic E-state index is -0.272. The lowest BCUT2D eigenvalue weighted by Gasteiger charge is -2.03. The predicted octanol–water partition coefficient (Wildman–Crippen LogP) is 3.06. The highest BCUT2D eigenvalue weighted by atomic mass is 127. The molecule has 102 valence electrons. The fourth-order valence-electron chi connectivity index (χ4n) is 1.57. The van der Waals surface area contributed by atoms with Crippen molar-refractivity contribution in [1.82, 2.24) is 5.43 Å². The van der Waals surface area contributed by atoms with Gasteiger partial charge in [-0.3, -0.25) is 4.79 Å². The Morgan fingerprint density at radius 2 is 2.05 bits per heavy atom. The van der Waals surface area contributed by atoms with Gasteiger partial charge in [-0.25, -0.2) is 5.43 Å². The molecule has 2 aromatic carbocycles. The van der Waals surface area contributed by atoms with E-state index in [4.69, 9.17) is 4.74 Å². The molecule has 5 heteroatoms. The number of rotatable bonds is 4. The van der Waals surface area contributed by atoms with E-state index in [9.17, 15) is 4.79 Å². The Hall–Kier alpha value is -1.89. The second kappa shape index (κ2) is 7.04. The lowest BCUT2D eigenvalue weighted by Crippen LogP contribution is -2.17. The van der Waals surface area contributed by atoms with E-state index in [-0.39, 0.29) is 5.91 Å². The molecule has 0 saturated carbocycles. The zero-order chi connectivity index (χ0) is 14.4. The zero-order valence-electron chi connectivity index (χ0n) is 10.8. The van der Waals surface area contributed by atoms with Gasteiger partial charge in [0, 0.05) is 14.7 Å². The Labute approximate surface area is 131 Å². The Morgan fingerprint density at radius 1 is 1.25 bits per heavy atom. The van der Waals surface area contributed by atoms with E-state index >= 15 is 0 Å². The highest BCUT2D eigenvalue weighted by Crippen LogP contribution is 2.12. The van der Waals surface area contributed by atoms with E-state index in [1.165, 1.54) is 0 Å². The maximum absolute atomic E-state index is 11.9. The first-order valence-corrected chi connectivity index (χ1v) is 7.00. The van der Waals surface area contributed by atoms with Crippen LogP contribution >= 0.6 is 22.6 Å². The number of halogens is 1.